The van der Waals surface area contributed by atoms with Crippen LogP contribution >= 0.6 is 0 Å². The number of anilines is 1. The van der Waals surface area contributed by atoms with E-state index in [4.69, 9.17) is 14.2 Å². The van der Waals surface area contributed by atoms with Crippen molar-refractivity contribution in [2.45, 2.75) is 32.7 Å². The molecular formula is C14H19NO4. The fraction of sp³-hybridized carbons (Fsp3) is 0.500. The maximum atomic E-state index is 11.6. The van der Waals surface area contributed by atoms with Gasteiger partial charge in [0.15, 0.2) is 5.79 Å². The highest BCUT2D eigenvalue weighted by Gasteiger charge is 2.33. The molecule has 104 valence electrons. The number of ether oxygens (including phenoxy) is 3. The van der Waals surface area contributed by atoms with Gasteiger partial charge in [0.25, 0.3) is 0 Å². The van der Waals surface area contributed by atoms with Gasteiger partial charge in [0.1, 0.15) is 12.7 Å². The molecule has 2 rings (SSSR count). The molecule has 0 aliphatic carbocycles. The van der Waals surface area contributed by atoms with Gasteiger partial charge in [-0.3, -0.25) is 5.32 Å². The number of rotatable bonds is 3. The Labute approximate surface area is 112 Å². The standard InChI is InChI=1S/C14H19NO4/c1-10-4-6-11(7-5-10)15-13(16)17-8-12-9-18-14(2,3)19-12/h4-7,12H,8-9H2,1-3H3,(H,15,16). The van der Waals surface area contributed by atoms with Gasteiger partial charge in [-0.2, -0.15) is 0 Å². The molecule has 0 bridgehead atoms. The van der Waals surface area contributed by atoms with Crippen LogP contribution in [0.15, 0.2) is 24.3 Å². The Bertz CT molecular complexity index is 441. The molecule has 0 aromatic heterocycles. The van der Waals surface area contributed by atoms with Crippen LogP contribution in [0.2, 0.25) is 0 Å². The SMILES string of the molecule is Cc1ccc(NC(=O)OCC2COC(C)(C)O2)cc1. The fourth-order valence-electron chi connectivity index (χ4n) is 1.80. The quantitative estimate of drug-likeness (QED) is 0.913. The molecule has 1 heterocycles. The van der Waals surface area contributed by atoms with Crippen LogP contribution < -0.4 is 5.32 Å². The van der Waals surface area contributed by atoms with Gasteiger partial charge in [-0.15, -0.1) is 0 Å². The summed E-state index contributed by atoms with van der Waals surface area (Å²) in [6, 6.07) is 7.50. The first-order valence-corrected chi connectivity index (χ1v) is 6.27. The van der Waals surface area contributed by atoms with E-state index in [0.29, 0.717) is 12.3 Å². The molecule has 1 saturated heterocycles. The fourth-order valence-corrected chi connectivity index (χ4v) is 1.80. The van der Waals surface area contributed by atoms with Crippen LogP contribution in [0, 0.1) is 6.92 Å². The van der Waals surface area contributed by atoms with Gasteiger partial charge in [-0.25, -0.2) is 4.79 Å². The Balaban J connectivity index is 1.75. The predicted octanol–water partition coefficient (Wildman–Crippen LogP) is 2.70. The van der Waals surface area contributed by atoms with Crippen molar-refractivity contribution in [3.63, 3.8) is 0 Å². The zero-order valence-electron chi connectivity index (χ0n) is 11.4. The van der Waals surface area contributed by atoms with Crippen molar-refractivity contribution in [1.82, 2.24) is 0 Å². The summed E-state index contributed by atoms with van der Waals surface area (Å²) < 4.78 is 16.0. The summed E-state index contributed by atoms with van der Waals surface area (Å²) >= 11 is 0. The third-order valence-electron chi connectivity index (χ3n) is 2.77. The molecule has 0 saturated carbocycles. The largest absolute Gasteiger partial charge is 0.446 e. The van der Waals surface area contributed by atoms with Crippen molar-refractivity contribution < 1.29 is 19.0 Å². The Hall–Kier alpha value is -1.59. The molecular weight excluding hydrogens is 246 g/mol. The van der Waals surface area contributed by atoms with Gasteiger partial charge in [0.2, 0.25) is 0 Å². The molecule has 1 atom stereocenters. The van der Waals surface area contributed by atoms with Crippen LogP contribution in [-0.2, 0) is 14.2 Å². The Kier molecular flexibility index (Phi) is 4.07. The average Bonchev–Trinajstić information content (AvgIpc) is 2.69. The van der Waals surface area contributed by atoms with Gasteiger partial charge in [-0.05, 0) is 32.9 Å². The minimum Gasteiger partial charge on any atom is -0.446 e. The van der Waals surface area contributed by atoms with Crippen LogP contribution in [0.25, 0.3) is 0 Å². The van der Waals surface area contributed by atoms with Crippen LogP contribution in [0.5, 0.6) is 0 Å². The third-order valence-corrected chi connectivity index (χ3v) is 2.77. The lowest BCUT2D eigenvalue weighted by atomic mass is 10.2. The number of carbonyl (C=O) groups is 1. The number of hydrogen-bond acceptors (Lipinski definition) is 4. The number of benzene rings is 1. The predicted molar refractivity (Wildman–Crippen MR) is 71.1 cm³/mol. The lowest BCUT2D eigenvalue weighted by molar-refractivity contribution is -0.142. The number of hydrogen-bond donors (Lipinski definition) is 1. The van der Waals surface area contributed by atoms with E-state index < -0.39 is 11.9 Å². The van der Waals surface area contributed by atoms with Crippen LogP contribution in [0.1, 0.15) is 19.4 Å². The summed E-state index contributed by atoms with van der Waals surface area (Å²) in [5.74, 6) is -0.596. The molecule has 1 unspecified atom stereocenters. The first kappa shape index (κ1) is 13.8. The molecule has 5 nitrogen and oxygen atoms in total. The minimum atomic E-state index is -0.596. The second kappa shape index (κ2) is 5.59. The van der Waals surface area contributed by atoms with E-state index in [1.807, 2.05) is 45.0 Å². The lowest BCUT2D eigenvalue weighted by Gasteiger charge is -2.17. The molecule has 1 N–H and O–H groups in total. The molecule has 0 spiro atoms. The maximum Gasteiger partial charge on any atom is 0.411 e. The monoisotopic (exact) mass is 265 g/mol. The van der Waals surface area contributed by atoms with Gasteiger partial charge < -0.3 is 14.2 Å². The van der Waals surface area contributed by atoms with Gasteiger partial charge >= 0.3 is 6.09 Å². The molecule has 1 aliphatic heterocycles. The van der Waals surface area contributed by atoms with E-state index in [9.17, 15) is 4.79 Å². The van der Waals surface area contributed by atoms with Crippen LogP contribution in [0.3, 0.4) is 0 Å². The molecule has 1 aromatic carbocycles. The molecule has 19 heavy (non-hydrogen) atoms. The maximum absolute atomic E-state index is 11.6. The van der Waals surface area contributed by atoms with Crippen LogP contribution in [-0.4, -0.2) is 31.2 Å². The first-order valence-electron chi connectivity index (χ1n) is 6.27. The van der Waals surface area contributed by atoms with Crippen molar-refractivity contribution in [1.29, 1.82) is 0 Å². The van der Waals surface area contributed by atoms with E-state index in [1.165, 1.54) is 0 Å². The zero-order chi connectivity index (χ0) is 13.9. The number of nitrogens with one attached hydrogen (secondary N) is 1. The van der Waals surface area contributed by atoms with Crippen molar-refractivity contribution in [3.05, 3.63) is 29.8 Å². The van der Waals surface area contributed by atoms with E-state index >= 15 is 0 Å². The van der Waals surface area contributed by atoms with Gasteiger partial charge in [0, 0.05) is 5.69 Å². The second-order valence-corrected chi connectivity index (χ2v) is 5.04. The van der Waals surface area contributed by atoms with Gasteiger partial charge in [-0.1, -0.05) is 17.7 Å². The van der Waals surface area contributed by atoms with Crippen molar-refractivity contribution in [2.24, 2.45) is 0 Å². The molecule has 1 amide bonds. The van der Waals surface area contributed by atoms with E-state index in [2.05, 4.69) is 5.32 Å². The molecule has 1 fully saturated rings. The van der Waals surface area contributed by atoms with E-state index in [0.717, 1.165) is 5.56 Å². The highest BCUT2D eigenvalue weighted by atomic mass is 16.7. The number of aryl methyl sites for hydroxylation is 1. The summed E-state index contributed by atoms with van der Waals surface area (Å²) in [5, 5.41) is 2.66. The van der Waals surface area contributed by atoms with Gasteiger partial charge in [0.05, 0.1) is 6.61 Å². The number of amides is 1. The minimum absolute atomic E-state index is 0.182. The molecule has 1 aromatic rings. The van der Waals surface area contributed by atoms with Crippen LogP contribution in [0.4, 0.5) is 10.5 Å². The second-order valence-electron chi connectivity index (χ2n) is 5.04. The summed E-state index contributed by atoms with van der Waals surface area (Å²) in [6.45, 7) is 6.27. The summed E-state index contributed by atoms with van der Waals surface area (Å²) in [5.41, 5.74) is 1.84. The Morgan fingerprint density at radius 2 is 2.11 bits per heavy atom. The third kappa shape index (κ3) is 4.22. The summed E-state index contributed by atoms with van der Waals surface area (Å²) in [6.07, 6.45) is -0.698. The van der Waals surface area contributed by atoms with Crippen molar-refractivity contribution in [2.75, 3.05) is 18.5 Å². The Morgan fingerprint density at radius 3 is 2.68 bits per heavy atom. The smallest absolute Gasteiger partial charge is 0.411 e. The topological polar surface area (TPSA) is 56.8 Å². The van der Waals surface area contributed by atoms with E-state index in [1.54, 1.807) is 0 Å². The van der Waals surface area contributed by atoms with Crippen molar-refractivity contribution >= 4 is 11.8 Å². The highest BCUT2D eigenvalue weighted by Crippen LogP contribution is 2.22. The normalized spacial score (nSPS) is 21.1. The average molecular weight is 265 g/mol. The number of carbonyl (C=O) groups excluding carboxylic acids is 1. The molecule has 0 radical (unpaired) electrons. The summed E-state index contributed by atoms with van der Waals surface area (Å²) in [4.78, 5) is 11.6. The molecule has 1 aliphatic rings. The van der Waals surface area contributed by atoms with E-state index in [-0.39, 0.29) is 12.7 Å². The van der Waals surface area contributed by atoms with Crippen molar-refractivity contribution in [3.8, 4) is 0 Å². The highest BCUT2D eigenvalue weighted by molar-refractivity contribution is 5.84. The molecule has 5 heteroatoms. The zero-order valence-corrected chi connectivity index (χ0v) is 11.4. The first-order chi connectivity index (χ1) is 8.94. The lowest BCUT2D eigenvalue weighted by Crippen LogP contribution is -2.26. The summed E-state index contributed by atoms with van der Waals surface area (Å²) in [7, 11) is 0. The Morgan fingerprint density at radius 1 is 1.42 bits per heavy atom.